The first-order valence-corrected chi connectivity index (χ1v) is 9.53. The molecule has 1 aromatic carbocycles. The fourth-order valence-electron chi connectivity index (χ4n) is 2.71. The first-order chi connectivity index (χ1) is 13.7. The summed E-state index contributed by atoms with van der Waals surface area (Å²) in [4.78, 5) is 36.5. The highest BCUT2D eigenvalue weighted by molar-refractivity contribution is 5.94. The van der Waals surface area contributed by atoms with Gasteiger partial charge in [-0.05, 0) is 58.4 Å². The fourth-order valence-corrected chi connectivity index (χ4v) is 2.71. The van der Waals surface area contributed by atoms with Crippen LogP contribution in [0.1, 0.15) is 50.5 Å². The molecule has 0 amide bonds. The second-order valence-corrected chi connectivity index (χ2v) is 7.33. The van der Waals surface area contributed by atoms with Crippen LogP contribution < -0.4 is 5.43 Å². The summed E-state index contributed by atoms with van der Waals surface area (Å²) in [7, 11) is 0. The minimum Gasteiger partial charge on any atom is -0.462 e. The van der Waals surface area contributed by atoms with Crippen molar-refractivity contribution in [3.05, 3.63) is 51.8 Å². The van der Waals surface area contributed by atoms with Crippen molar-refractivity contribution in [2.45, 2.75) is 46.8 Å². The van der Waals surface area contributed by atoms with E-state index in [4.69, 9.17) is 14.2 Å². The number of ether oxygens (including phenoxy) is 3. The molecule has 0 aliphatic carbocycles. The van der Waals surface area contributed by atoms with Gasteiger partial charge in [-0.1, -0.05) is 12.1 Å². The molecule has 7 heteroatoms. The Morgan fingerprint density at radius 1 is 1.14 bits per heavy atom. The number of carbonyl (C=O) groups excluding carboxylic acids is 2. The van der Waals surface area contributed by atoms with Crippen molar-refractivity contribution in [1.29, 1.82) is 0 Å². The van der Waals surface area contributed by atoms with Gasteiger partial charge in [0.1, 0.15) is 17.8 Å². The van der Waals surface area contributed by atoms with E-state index in [0.717, 1.165) is 11.1 Å². The minimum absolute atomic E-state index is 0.00980. The van der Waals surface area contributed by atoms with Gasteiger partial charge in [0.2, 0.25) is 5.43 Å². The van der Waals surface area contributed by atoms with E-state index in [9.17, 15) is 14.4 Å². The molecule has 0 radical (unpaired) electrons. The van der Waals surface area contributed by atoms with Crippen molar-refractivity contribution in [3.63, 3.8) is 0 Å². The SMILES string of the molecule is CCOC(=O)c1cn(CC)c2ccc(/C=C\COC(=O)OC(C)(C)C)cc2c1=O. The molecule has 0 spiro atoms. The Kier molecular flexibility index (Phi) is 7.20. The third-order valence-corrected chi connectivity index (χ3v) is 3.94. The molecule has 156 valence electrons. The molecule has 2 rings (SSSR count). The third-order valence-electron chi connectivity index (χ3n) is 3.94. The van der Waals surface area contributed by atoms with Crippen LogP contribution in [-0.2, 0) is 20.8 Å². The zero-order valence-corrected chi connectivity index (χ0v) is 17.5. The van der Waals surface area contributed by atoms with E-state index in [1.165, 1.54) is 6.20 Å². The maximum Gasteiger partial charge on any atom is 0.509 e. The lowest BCUT2D eigenvalue weighted by Gasteiger charge is -2.18. The van der Waals surface area contributed by atoms with Gasteiger partial charge < -0.3 is 18.8 Å². The molecule has 0 aliphatic rings. The maximum absolute atomic E-state index is 12.8. The van der Waals surface area contributed by atoms with Crippen molar-refractivity contribution in [3.8, 4) is 0 Å². The van der Waals surface area contributed by atoms with Crippen LogP contribution in [-0.4, -0.2) is 35.5 Å². The van der Waals surface area contributed by atoms with E-state index < -0.39 is 17.7 Å². The van der Waals surface area contributed by atoms with Crippen molar-refractivity contribution < 1.29 is 23.8 Å². The highest BCUT2D eigenvalue weighted by Crippen LogP contribution is 2.16. The highest BCUT2D eigenvalue weighted by atomic mass is 16.7. The Morgan fingerprint density at radius 3 is 2.48 bits per heavy atom. The molecule has 0 atom stereocenters. The van der Waals surface area contributed by atoms with Gasteiger partial charge >= 0.3 is 12.1 Å². The molecule has 0 saturated carbocycles. The predicted molar refractivity (Wildman–Crippen MR) is 111 cm³/mol. The van der Waals surface area contributed by atoms with Gasteiger partial charge in [-0.15, -0.1) is 0 Å². The van der Waals surface area contributed by atoms with E-state index in [2.05, 4.69) is 0 Å². The number of aryl methyl sites for hydroxylation is 1. The van der Waals surface area contributed by atoms with Gasteiger partial charge in [0.25, 0.3) is 0 Å². The molecule has 1 aromatic heterocycles. The van der Waals surface area contributed by atoms with Gasteiger partial charge in [-0.3, -0.25) is 4.79 Å². The molecule has 0 saturated heterocycles. The smallest absolute Gasteiger partial charge is 0.462 e. The van der Waals surface area contributed by atoms with Gasteiger partial charge in [0.15, 0.2) is 0 Å². The molecule has 0 bridgehead atoms. The summed E-state index contributed by atoms with van der Waals surface area (Å²) in [6, 6.07) is 5.38. The Bertz CT molecular complexity index is 981. The van der Waals surface area contributed by atoms with Crippen LogP contribution in [0.15, 0.2) is 35.3 Å². The first kappa shape index (κ1) is 22.2. The van der Waals surface area contributed by atoms with Gasteiger partial charge in [-0.2, -0.15) is 0 Å². The monoisotopic (exact) mass is 401 g/mol. The Balaban J connectivity index is 2.26. The number of benzene rings is 1. The lowest BCUT2D eigenvalue weighted by molar-refractivity contribution is -0.00237. The molecule has 29 heavy (non-hydrogen) atoms. The van der Waals surface area contributed by atoms with E-state index in [1.54, 1.807) is 45.9 Å². The summed E-state index contributed by atoms with van der Waals surface area (Å²) in [6.45, 7) is 9.73. The van der Waals surface area contributed by atoms with Gasteiger partial charge in [0, 0.05) is 18.1 Å². The molecule has 0 fully saturated rings. The summed E-state index contributed by atoms with van der Waals surface area (Å²) in [5.74, 6) is -0.631. The summed E-state index contributed by atoms with van der Waals surface area (Å²) in [6.07, 6.45) is 4.17. The lowest BCUT2D eigenvalue weighted by Crippen LogP contribution is -2.24. The van der Waals surface area contributed by atoms with Crippen LogP contribution in [0.3, 0.4) is 0 Å². The first-order valence-electron chi connectivity index (χ1n) is 9.53. The Morgan fingerprint density at radius 2 is 1.86 bits per heavy atom. The number of hydrogen-bond acceptors (Lipinski definition) is 6. The largest absolute Gasteiger partial charge is 0.509 e. The van der Waals surface area contributed by atoms with Crippen LogP contribution in [0.2, 0.25) is 0 Å². The van der Waals surface area contributed by atoms with Crippen molar-refractivity contribution in [1.82, 2.24) is 4.57 Å². The fraction of sp³-hybridized carbons (Fsp3) is 0.409. The quantitative estimate of drug-likeness (QED) is 0.676. The molecule has 2 aromatic rings. The number of carbonyl (C=O) groups is 2. The normalized spacial score (nSPS) is 11.6. The minimum atomic E-state index is -0.745. The summed E-state index contributed by atoms with van der Waals surface area (Å²) in [5, 5.41) is 0.424. The zero-order valence-electron chi connectivity index (χ0n) is 17.5. The topological polar surface area (TPSA) is 83.8 Å². The Hall–Kier alpha value is -3.09. The third kappa shape index (κ3) is 5.94. The number of pyridine rings is 1. The molecule has 1 heterocycles. The van der Waals surface area contributed by atoms with Crippen LogP contribution in [0.4, 0.5) is 4.79 Å². The average molecular weight is 401 g/mol. The van der Waals surface area contributed by atoms with Crippen LogP contribution in [0, 0.1) is 0 Å². The summed E-state index contributed by atoms with van der Waals surface area (Å²) in [5.41, 5.74) is 0.493. The average Bonchev–Trinajstić information content (AvgIpc) is 2.64. The molecule has 7 nitrogen and oxygen atoms in total. The Labute approximate surface area is 169 Å². The maximum atomic E-state index is 12.8. The molecule has 0 N–H and O–H groups in total. The highest BCUT2D eigenvalue weighted by Gasteiger charge is 2.17. The second kappa shape index (κ2) is 9.41. The zero-order chi connectivity index (χ0) is 21.6. The molecular formula is C22H27NO6. The van der Waals surface area contributed by atoms with Crippen molar-refractivity contribution in [2.75, 3.05) is 13.2 Å². The number of nitrogens with zero attached hydrogens (tertiary/aromatic N) is 1. The number of rotatable bonds is 6. The van der Waals surface area contributed by atoms with E-state index in [0.29, 0.717) is 11.9 Å². The number of fused-ring (bicyclic) bond motifs is 1. The second-order valence-electron chi connectivity index (χ2n) is 7.33. The standard InChI is InChI=1S/C22H27NO6/c1-6-23-14-17(20(25)27-7-2)19(24)16-13-15(10-11-18(16)23)9-8-12-28-21(26)29-22(3,4)5/h8-11,13-14H,6-7,12H2,1-5H3/b9-8-. The molecule has 0 unspecified atom stereocenters. The molecular weight excluding hydrogens is 374 g/mol. The van der Waals surface area contributed by atoms with E-state index in [-0.39, 0.29) is 24.2 Å². The summed E-state index contributed by atoms with van der Waals surface area (Å²) < 4.78 is 16.9. The van der Waals surface area contributed by atoms with E-state index in [1.807, 2.05) is 23.6 Å². The van der Waals surface area contributed by atoms with Crippen LogP contribution in [0.25, 0.3) is 17.0 Å². The predicted octanol–water partition coefficient (Wildman–Crippen LogP) is 4.16. The lowest BCUT2D eigenvalue weighted by atomic mass is 10.1. The van der Waals surface area contributed by atoms with E-state index >= 15 is 0 Å². The van der Waals surface area contributed by atoms with Gasteiger partial charge in [0.05, 0.1) is 12.1 Å². The number of aromatic nitrogens is 1. The van der Waals surface area contributed by atoms with Crippen LogP contribution in [0.5, 0.6) is 0 Å². The van der Waals surface area contributed by atoms with Crippen molar-refractivity contribution in [2.24, 2.45) is 0 Å². The number of hydrogen-bond donors (Lipinski definition) is 0. The van der Waals surface area contributed by atoms with Gasteiger partial charge in [-0.25, -0.2) is 9.59 Å². The van der Waals surface area contributed by atoms with Crippen molar-refractivity contribution >= 4 is 29.1 Å². The number of esters is 1. The van der Waals surface area contributed by atoms with Crippen LogP contribution >= 0.6 is 0 Å². The summed E-state index contributed by atoms with van der Waals surface area (Å²) >= 11 is 0. The molecule has 0 aliphatic heterocycles.